The molecule has 0 radical (unpaired) electrons. The summed E-state index contributed by atoms with van der Waals surface area (Å²) in [5.74, 6) is 1.09. The molecule has 2 aliphatic heterocycles. The highest BCUT2D eigenvalue weighted by atomic mass is 35.5. The van der Waals surface area contributed by atoms with Crippen molar-refractivity contribution in [3.63, 3.8) is 0 Å². The van der Waals surface area contributed by atoms with Crippen LogP contribution in [0.2, 0.25) is 5.02 Å². The van der Waals surface area contributed by atoms with Crippen LogP contribution in [0.1, 0.15) is 24.1 Å². The van der Waals surface area contributed by atoms with Crippen LogP contribution in [-0.2, 0) is 10.3 Å². The van der Waals surface area contributed by atoms with E-state index in [9.17, 15) is 10.2 Å². The third kappa shape index (κ3) is 4.99. The summed E-state index contributed by atoms with van der Waals surface area (Å²) in [7, 11) is 0. The van der Waals surface area contributed by atoms with Crippen molar-refractivity contribution >= 4 is 34.7 Å². The van der Waals surface area contributed by atoms with Crippen molar-refractivity contribution in [3.05, 3.63) is 75.6 Å². The molecule has 34 heavy (non-hydrogen) atoms. The molecule has 3 aromatic rings. The first-order valence-corrected chi connectivity index (χ1v) is 13.5. The van der Waals surface area contributed by atoms with E-state index in [1.165, 1.54) is 11.8 Å². The second-order valence-electron chi connectivity index (χ2n) is 8.69. The predicted octanol–water partition coefficient (Wildman–Crippen LogP) is 4.29. The SMILES string of the molecule is OC1CC(c2ccsc2)(c2cccc(OCCC3COC3)n2)NC(O)C1Sc1ccccc1Cl. The molecule has 3 N–H and O–H groups in total. The van der Waals surface area contributed by atoms with E-state index < -0.39 is 23.1 Å². The second-order valence-corrected chi connectivity index (χ2v) is 11.1. The average molecular weight is 519 g/mol. The molecule has 9 heteroatoms. The number of aliphatic hydroxyl groups is 2. The quantitative estimate of drug-likeness (QED) is 0.410. The molecule has 180 valence electrons. The van der Waals surface area contributed by atoms with Gasteiger partial charge in [0.05, 0.1) is 47.4 Å². The third-order valence-electron chi connectivity index (χ3n) is 6.36. The van der Waals surface area contributed by atoms with E-state index in [0.717, 1.165) is 30.1 Å². The average Bonchev–Trinajstić information content (AvgIpc) is 3.35. The fraction of sp³-hybridized carbons (Fsp3) is 0.400. The van der Waals surface area contributed by atoms with E-state index in [1.54, 1.807) is 11.3 Å². The zero-order chi connectivity index (χ0) is 23.5. The molecule has 5 rings (SSSR count). The van der Waals surface area contributed by atoms with Crippen LogP contribution in [0.4, 0.5) is 0 Å². The fourth-order valence-electron chi connectivity index (χ4n) is 4.41. The highest BCUT2D eigenvalue weighted by Gasteiger charge is 2.48. The second kappa shape index (κ2) is 10.5. The van der Waals surface area contributed by atoms with Crippen LogP contribution < -0.4 is 10.1 Å². The topological polar surface area (TPSA) is 83.8 Å². The summed E-state index contributed by atoms with van der Waals surface area (Å²) >= 11 is 9.28. The zero-order valence-electron chi connectivity index (χ0n) is 18.5. The minimum Gasteiger partial charge on any atom is -0.478 e. The normalized spacial score (nSPS) is 27.3. The molecule has 6 nitrogen and oxygen atoms in total. The number of aromatic nitrogens is 1. The van der Waals surface area contributed by atoms with Gasteiger partial charge in [-0.1, -0.05) is 29.8 Å². The van der Waals surface area contributed by atoms with Crippen molar-refractivity contribution in [3.8, 4) is 5.88 Å². The van der Waals surface area contributed by atoms with Crippen LogP contribution >= 0.6 is 34.7 Å². The van der Waals surface area contributed by atoms with E-state index in [-0.39, 0.29) is 0 Å². The number of pyridine rings is 1. The van der Waals surface area contributed by atoms with Gasteiger partial charge in [0.25, 0.3) is 0 Å². The first kappa shape index (κ1) is 24.1. The summed E-state index contributed by atoms with van der Waals surface area (Å²) in [6.45, 7) is 2.17. The third-order valence-corrected chi connectivity index (χ3v) is 8.94. The first-order valence-electron chi connectivity index (χ1n) is 11.3. The van der Waals surface area contributed by atoms with E-state index in [4.69, 9.17) is 26.1 Å². The first-order chi connectivity index (χ1) is 16.5. The number of benzene rings is 1. The van der Waals surface area contributed by atoms with Crippen LogP contribution in [0.3, 0.4) is 0 Å². The van der Waals surface area contributed by atoms with Gasteiger partial charge in [-0.15, -0.1) is 11.8 Å². The number of nitrogens with one attached hydrogen (secondary N) is 1. The number of rotatable bonds is 8. The van der Waals surface area contributed by atoms with Crippen molar-refractivity contribution in [1.82, 2.24) is 10.3 Å². The molecular formula is C25H27ClN2O4S2. The number of nitrogens with zero attached hydrogens (tertiary/aromatic N) is 1. The van der Waals surface area contributed by atoms with Gasteiger partial charge in [0.1, 0.15) is 6.23 Å². The van der Waals surface area contributed by atoms with Crippen LogP contribution in [0.15, 0.2) is 64.2 Å². The van der Waals surface area contributed by atoms with Crippen LogP contribution in [-0.4, -0.2) is 52.6 Å². The summed E-state index contributed by atoms with van der Waals surface area (Å²) in [4.78, 5) is 5.62. The number of piperidine rings is 1. The van der Waals surface area contributed by atoms with Gasteiger partial charge < -0.3 is 19.7 Å². The number of thioether (sulfide) groups is 1. The summed E-state index contributed by atoms with van der Waals surface area (Å²) in [5, 5.41) is 30.0. The lowest BCUT2D eigenvalue weighted by molar-refractivity contribution is -0.0403. The summed E-state index contributed by atoms with van der Waals surface area (Å²) in [6.07, 6.45) is -0.519. The van der Waals surface area contributed by atoms with E-state index in [2.05, 4.69) is 5.32 Å². The highest BCUT2D eigenvalue weighted by Crippen LogP contribution is 2.43. The van der Waals surface area contributed by atoms with Crippen molar-refractivity contribution in [1.29, 1.82) is 0 Å². The van der Waals surface area contributed by atoms with E-state index in [1.807, 2.05) is 59.3 Å². The van der Waals surface area contributed by atoms with Crippen molar-refractivity contribution in [2.75, 3.05) is 19.8 Å². The molecule has 2 aliphatic rings. The minimum absolute atomic E-state index is 0.346. The lowest BCUT2D eigenvalue weighted by atomic mass is 9.78. The van der Waals surface area contributed by atoms with Crippen LogP contribution in [0.25, 0.3) is 0 Å². The van der Waals surface area contributed by atoms with Gasteiger partial charge in [-0.3, -0.25) is 5.32 Å². The Bertz CT molecular complexity index is 1080. The van der Waals surface area contributed by atoms with Crippen molar-refractivity contribution < 1.29 is 19.7 Å². The summed E-state index contributed by atoms with van der Waals surface area (Å²) < 4.78 is 11.2. The Kier molecular flexibility index (Phi) is 7.46. The Labute approximate surface area is 212 Å². The predicted molar refractivity (Wildman–Crippen MR) is 135 cm³/mol. The molecule has 2 fully saturated rings. The molecule has 4 atom stereocenters. The molecule has 0 saturated carbocycles. The number of ether oxygens (including phenoxy) is 2. The smallest absolute Gasteiger partial charge is 0.213 e. The highest BCUT2D eigenvalue weighted by molar-refractivity contribution is 8.00. The molecule has 2 saturated heterocycles. The lowest BCUT2D eigenvalue weighted by Crippen LogP contribution is -2.62. The van der Waals surface area contributed by atoms with Gasteiger partial charge in [-0.2, -0.15) is 11.3 Å². The maximum absolute atomic E-state index is 11.3. The number of hydrogen-bond donors (Lipinski definition) is 3. The number of hydrogen-bond acceptors (Lipinski definition) is 8. The fourth-order valence-corrected chi connectivity index (χ4v) is 6.49. The maximum atomic E-state index is 11.3. The molecule has 0 aliphatic carbocycles. The van der Waals surface area contributed by atoms with E-state index >= 15 is 0 Å². The number of thiophene rings is 1. The van der Waals surface area contributed by atoms with Crippen LogP contribution in [0, 0.1) is 5.92 Å². The molecule has 0 amide bonds. The summed E-state index contributed by atoms with van der Waals surface area (Å²) in [6, 6.07) is 15.1. The molecule has 4 heterocycles. The van der Waals surface area contributed by atoms with Gasteiger partial charge in [0.2, 0.25) is 5.88 Å². The Hall–Kier alpha value is -1.65. The molecular weight excluding hydrogens is 492 g/mol. The van der Waals surface area contributed by atoms with Crippen molar-refractivity contribution in [2.24, 2.45) is 5.92 Å². The Morgan fingerprint density at radius 2 is 2.03 bits per heavy atom. The lowest BCUT2D eigenvalue weighted by Gasteiger charge is -2.46. The molecule has 0 bridgehead atoms. The molecule has 2 aromatic heterocycles. The van der Waals surface area contributed by atoms with Crippen molar-refractivity contribution in [2.45, 2.75) is 40.9 Å². The van der Waals surface area contributed by atoms with Gasteiger partial charge >= 0.3 is 0 Å². The Morgan fingerprint density at radius 1 is 1.18 bits per heavy atom. The molecule has 1 aromatic carbocycles. The largest absolute Gasteiger partial charge is 0.478 e. The van der Waals surface area contributed by atoms with Gasteiger partial charge in [0, 0.05) is 23.3 Å². The minimum atomic E-state index is -0.991. The Morgan fingerprint density at radius 3 is 2.74 bits per heavy atom. The Balaban J connectivity index is 1.39. The summed E-state index contributed by atoms with van der Waals surface area (Å²) in [5.41, 5.74) is 0.806. The van der Waals surface area contributed by atoms with Gasteiger partial charge in [0.15, 0.2) is 0 Å². The number of halogens is 1. The molecule has 0 spiro atoms. The zero-order valence-corrected chi connectivity index (χ0v) is 20.9. The van der Waals surface area contributed by atoms with Gasteiger partial charge in [-0.05, 0) is 47.0 Å². The standard InChI is InChI=1S/C25H27ClN2O4S2/c26-18-4-1-2-5-20(18)34-23-19(29)12-25(28-24(23)30,17-9-11-33-15-17)21-6-3-7-22(27-21)32-10-8-16-13-31-14-16/h1-7,9,11,15-16,19,23-24,28-30H,8,10,12-14H2. The number of aliphatic hydroxyl groups excluding tert-OH is 2. The van der Waals surface area contributed by atoms with Gasteiger partial charge in [-0.25, -0.2) is 4.98 Å². The monoisotopic (exact) mass is 518 g/mol. The molecule has 4 unspecified atom stereocenters. The van der Waals surface area contributed by atoms with Crippen LogP contribution in [0.5, 0.6) is 5.88 Å². The van der Waals surface area contributed by atoms with E-state index in [0.29, 0.717) is 35.5 Å². The maximum Gasteiger partial charge on any atom is 0.213 e.